The maximum atomic E-state index is 10.6. The first kappa shape index (κ1) is 5.72. The molecule has 0 saturated carbocycles. The number of fused-ring (bicyclic) bond motifs is 1. The highest BCUT2D eigenvalue weighted by Crippen LogP contribution is 2.00. The van der Waals surface area contributed by atoms with Crippen LogP contribution in [0.5, 0.6) is 0 Å². The molecule has 54 valence electrons. The van der Waals surface area contributed by atoms with Crippen molar-refractivity contribution in [3.8, 4) is 0 Å². The van der Waals surface area contributed by atoms with Crippen molar-refractivity contribution in [3.63, 3.8) is 0 Å². The molecule has 0 aromatic carbocycles. The van der Waals surface area contributed by atoms with Gasteiger partial charge in [0.2, 0.25) is 0 Å². The molecule has 2 aliphatic heterocycles. The summed E-state index contributed by atoms with van der Waals surface area (Å²) in [5.74, 6) is 0. The minimum Gasteiger partial charge on any atom is -0.339 e. The minimum absolute atomic E-state index is 0.0833. The third-order valence-corrected chi connectivity index (χ3v) is 1.72. The third-order valence-electron chi connectivity index (χ3n) is 1.48. The molecular weight excluding hydrogens is 152 g/mol. The van der Waals surface area contributed by atoms with Crippen LogP contribution in [0.4, 0.5) is 4.79 Å². The Kier molecular flexibility index (Phi) is 0.986. The lowest BCUT2D eigenvalue weighted by atomic mass is 10.4. The summed E-state index contributed by atoms with van der Waals surface area (Å²) < 4.78 is 0. The fraction of sp³-hybridized carbons (Fsp3) is 0.500. The smallest absolute Gasteiger partial charge is 0.318 e. The monoisotopic (exact) mass is 158 g/mol. The van der Waals surface area contributed by atoms with Crippen molar-refractivity contribution in [3.05, 3.63) is 0 Å². The predicted molar refractivity (Wildman–Crippen MR) is 38.1 cm³/mol. The Hall–Kier alpha value is -1.04. The van der Waals surface area contributed by atoms with E-state index in [0.717, 1.165) is 0 Å². The van der Waals surface area contributed by atoms with E-state index >= 15 is 0 Å². The van der Waals surface area contributed by atoms with Gasteiger partial charge < -0.3 is 21.3 Å². The summed E-state index contributed by atoms with van der Waals surface area (Å²) in [7, 11) is 0. The molecule has 0 bridgehead atoms. The SMILES string of the molecule is O=C1N[C@@H]2NC(=S)N[C@H]2N1. The summed E-state index contributed by atoms with van der Waals surface area (Å²) >= 11 is 4.80. The van der Waals surface area contributed by atoms with Crippen LogP contribution >= 0.6 is 12.2 Å². The lowest BCUT2D eigenvalue weighted by Crippen LogP contribution is -2.39. The van der Waals surface area contributed by atoms with Gasteiger partial charge in [-0.2, -0.15) is 0 Å². The van der Waals surface area contributed by atoms with Crippen molar-refractivity contribution in [1.29, 1.82) is 0 Å². The second kappa shape index (κ2) is 1.72. The number of amides is 2. The first-order chi connectivity index (χ1) is 4.75. The molecule has 0 radical (unpaired) electrons. The van der Waals surface area contributed by atoms with Crippen LogP contribution in [0.15, 0.2) is 0 Å². The molecule has 6 heteroatoms. The molecule has 0 spiro atoms. The minimum atomic E-state index is -0.169. The number of thiocarbonyl (C=S) groups is 1. The quantitative estimate of drug-likeness (QED) is 0.322. The number of hydrogen-bond acceptors (Lipinski definition) is 2. The molecule has 0 aliphatic carbocycles. The van der Waals surface area contributed by atoms with Crippen LogP contribution in [0.2, 0.25) is 0 Å². The second-order valence-corrected chi connectivity index (χ2v) is 2.60. The van der Waals surface area contributed by atoms with Gasteiger partial charge in [-0.25, -0.2) is 4.79 Å². The van der Waals surface area contributed by atoms with Gasteiger partial charge >= 0.3 is 6.03 Å². The van der Waals surface area contributed by atoms with E-state index in [1.165, 1.54) is 0 Å². The normalized spacial score (nSPS) is 35.6. The Morgan fingerprint density at radius 3 is 2.10 bits per heavy atom. The lowest BCUT2D eigenvalue weighted by molar-refractivity contribution is 0.246. The third kappa shape index (κ3) is 0.688. The molecular formula is C4H6N4OS. The Labute approximate surface area is 62.5 Å². The molecule has 2 heterocycles. The molecule has 0 unspecified atom stereocenters. The summed E-state index contributed by atoms with van der Waals surface area (Å²) in [5.41, 5.74) is 0. The van der Waals surface area contributed by atoms with E-state index in [2.05, 4.69) is 21.3 Å². The van der Waals surface area contributed by atoms with E-state index in [1.807, 2.05) is 0 Å². The second-order valence-electron chi connectivity index (χ2n) is 2.19. The maximum Gasteiger partial charge on any atom is 0.318 e. The first-order valence-corrected chi connectivity index (χ1v) is 3.30. The summed E-state index contributed by atoms with van der Waals surface area (Å²) in [6, 6.07) is -0.169. The first-order valence-electron chi connectivity index (χ1n) is 2.90. The van der Waals surface area contributed by atoms with Crippen molar-refractivity contribution >= 4 is 23.4 Å². The van der Waals surface area contributed by atoms with E-state index in [9.17, 15) is 4.79 Å². The van der Waals surface area contributed by atoms with Crippen LogP contribution in [-0.4, -0.2) is 23.5 Å². The topological polar surface area (TPSA) is 65.2 Å². The molecule has 2 atom stereocenters. The number of carbonyl (C=O) groups is 1. The maximum absolute atomic E-state index is 10.6. The summed E-state index contributed by atoms with van der Waals surface area (Å²) in [5, 5.41) is 11.6. The highest BCUT2D eigenvalue weighted by molar-refractivity contribution is 7.80. The molecule has 2 fully saturated rings. The standard InChI is InChI=1S/C4H6N4OS/c9-3-5-1-2(6-3)8-4(10)7-1/h1-2H,(H2,5,6,9)(H2,7,8,10)/t1-,2-/m1/s1. The zero-order chi connectivity index (χ0) is 7.14. The van der Waals surface area contributed by atoms with Gasteiger partial charge in [0, 0.05) is 0 Å². The zero-order valence-electron chi connectivity index (χ0n) is 4.97. The van der Waals surface area contributed by atoms with Crippen molar-refractivity contribution in [2.45, 2.75) is 12.3 Å². The van der Waals surface area contributed by atoms with Gasteiger partial charge in [-0.15, -0.1) is 0 Å². The largest absolute Gasteiger partial charge is 0.339 e. The van der Waals surface area contributed by atoms with Gasteiger partial charge in [-0.3, -0.25) is 0 Å². The molecule has 5 nitrogen and oxygen atoms in total. The number of carbonyl (C=O) groups excluding carboxylic acids is 1. The molecule has 2 amide bonds. The fourth-order valence-corrected chi connectivity index (χ4v) is 1.31. The van der Waals surface area contributed by atoms with Gasteiger partial charge in [0.15, 0.2) is 5.11 Å². The zero-order valence-corrected chi connectivity index (χ0v) is 5.79. The number of urea groups is 1. The highest BCUT2D eigenvalue weighted by atomic mass is 32.1. The van der Waals surface area contributed by atoms with Gasteiger partial charge in [0.25, 0.3) is 0 Å². The average Bonchev–Trinajstić information content (AvgIpc) is 2.21. The van der Waals surface area contributed by atoms with Gasteiger partial charge in [0.05, 0.1) is 0 Å². The molecule has 2 rings (SSSR count). The van der Waals surface area contributed by atoms with Crippen molar-refractivity contribution in [2.24, 2.45) is 0 Å². The molecule has 2 saturated heterocycles. The lowest BCUT2D eigenvalue weighted by Gasteiger charge is -2.03. The average molecular weight is 158 g/mol. The van der Waals surface area contributed by atoms with Gasteiger partial charge in [-0.05, 0) is 12.2 Å². The summed E-state index contributed by atoms with van der Waals surface area (Å²) in [6.07, 6.45) is -0.167. The summed E-state index contributed by atoms with van der Waals surface area (Å²) in [4.78, 5) is 10.6. The number of nitrogens with one attached hydrogen (secondary N) is 4. The van der Waals surface area contributed by atoms with Crippen LogP contribution < -0.4 is 21.3 Å². The van der Waals surface area contributed by atoms with Crippen LogP contribution in [0, 0.1) is 0 Å². The number of rotatable bonds is 0. The van der Waals surface area contributed by atoms with Gasteiger partial charge in [0.1, 0.15) is 12.3 Å². The molecule has 4 N–H and O–H groups in total. The van der Waals surface area contributed by atoms with Crippen molar-refractivity contribution in [1.82, 2.24) is 21.3 Å². The van der Waals surface area contributed by atoms with E-state index in [0.29, 0.717) is 5.11 Å². The van der Waals surface area contributed by atoms with Gasteiger partial charge in [-0.1, -0.05) is 0 Å². The Morgan fingerprint density at radius 2 is 1.60 bits per heavy atom. The fourth-order valence-electron chi connectivity index (χ4n) is 1.05. The Bertz CT molecular complexity index is 167. The van der Waals surface area contributed by atoms with Crippen molar-refractivity contribution in [2.75, 3.05) is 0 Å². The Morgan fingerprint density at radius 1 is 1.10 bits per heavy atom. The van der Waals surface area contributed by atoms with E-state index < -0.39 is 0 Å². The Balaban J connectivity index is 2.12. The van der Waals surface area contributed by atoms with E-state index in [-0.39, 0.29) is 18.4 Å². The van der Waals surface area contributed by atoms with Crippen LogP contribution in [-0.2, 0) is 0 Å². The van der Waals surface area contributed by atoms with Crippen LogP contribution in [0.25, 0.3) is 0 Å². The molecule has 10 heavy (non-hydrogen) atoms. The van der Waals surface area contributed by atoms with Crippen LogP contribution in [0.3, 0.4) is 0 Å². The number of hydrogen-bond donors (Lipinski definition) is 4. The van der Waals surface area contributed by atoms with E-state index in [4.69, 9.17) is 12.2 Å². The highest BCUT2D eigenvalue weighted by Gasteiger charge is 2.37. The summed E-state index contributed by atoms with van der Waals surface area (Å²) in [6.45, 7) is 0. The van der Waals surface area contributed by atoms with E-state index in [1.54, 1.807) is 0 Å². The van der Waals surface area contributed by atoms with Crippen LogP contribution in [0.1, 0.15) is 0 Å². The molecule has 2 aliphatic rings. The predicted octanol–water partition coefficient (Wildman–Crippen LogP) is -1.57. The van der Waals surface area contributed by atoms with Crippen molar-refractivity contribution < 1.29 is 4.79 Å². The molecule has 0 aromatic rings. The molecule has 0 aromatic heterocycles.